The minimum absolute atomic E-state index is 0.326. The van der Waals surface area contributed by atoms with Crippen molar-refractivity contribution < 1.29 is 13.6 Å². The number of amides is 1. The lowest BCUT2D eigenvalue weighted by Crippen LogP contribution is -2.23. The maximum Gasteiger partial charge on any atom is 0.271 e. The maximum absolute atomic E-state index is 13.5. The summed E-state index contributed by atoms with van der Waals surface area (Å²) in [6, 6.07) is 12.3. The lowest BCUT2D eigenvalue weighted by atomic mass is 10.1. The van der Waals surface area contributed by atoms with Gasteiger partial charge in [0, 0.05) is 23.3 Å². The number of pyridine rings is 1. The Bertz CT molecular complexity index is 1210. The SMILES string of the molecule is Cc1cc(-c2cccc(F)c2)ncc1C(=O)Nn1cc(C)c2cc(F)ccc21. The third-order valence-corrected chi connectivity index (χ3v) is 4.66. The third kappa shape index (κ3) is 3.24. The summed E-state index contributed by atoms with van der Waals surface area (Å²) >= 11 is 0. The smallest absolute Gasteiger partial charge is 0.267 e. The summed E-state index contributed by atoms with van der Waals surface area (Å²) in [5.41, 5.74) is 6.71. The zero-order chi connectivity index (χ0) is 19.8. The average Bonchev–Trinajstić information content (AvgIpc) is 2.96. The summed E-state index contributed by atoms with van der Waals surface area (Å²) < 4.78 is 28.5. The first-order valence-electron chi connectivity index (χ1n) is 8.73. The predicted molar refractivity (Wildman–Crippen MR) is 105 cm³/mol. The van der Waals surface area contributed by atoms with E-state index in [-0.39, 0.29) is 17.5 Å². The van der Waals surface area contributed by atoms with Crippen molar-refractivity contribution in [3.8, 4) is 11.3 Å². The number of carbonyl (C=O) groups is 1. The fourth-order valence-corrected chi connectivity index (χ4v) is 3.23. The quantitative estimate of drug-likeness (QED) is 0.547. The first-order chi connectivity index (χ1) is 13.4. The molecule has 1 N–H and O–H groups in total. The van der Waals surface area contributed by atoms with Gasteiger partial charge in [0.1, 0.15) is 11.6 Å². The van der Waals surface area contributed by atoms with E-state index in [9.17, 15) is 13.6 Å². The lowest BCUT2D eigenvalue weighted by molar-refractivity contribution is 0.101. The number of halogens is 2. The largest absolute Gasteiger partial charge is 0.271 e. The summed E-state index contributed by atoms with van der Waals surface area (Å²) in [7, 11) is 0. The van der Waals surface area contributed by atoms with Gasteiger partial charge in [-0.15, -0.1) is 0 Å². The molecule has 0 atom stereocenters. The summed E-state index contributed by atoms with van der Waals surface area (Å²) in [4.78, 5) is 17.1. The third-order valence-electron chi connectivity index (χ3n) is 4.66. The Hall–Kier alpha value is -3.54. The van der Waals surface area contributed by atoms with Crippen molar-refractivity contribution in [2.75, 3.05) is 5.43 Å². The van der Waals surface area contributed by atoms with Crippen molar-refractivity contribution in [2.24, 2.45) is 0 Å². The molecule has 0 bridgehead atoms. The summed E-state index contributed by atoms with van der Waals surface area (Å²) in [5.74, 6) is -1.00. The van der Waals surface area contributed by atoms with Crippen LogP contribution in [0.3, 0.4) is 0 Å². The van der Waals surface area contributed by atoms with Crippen LogP contribution in [0.15, 0.2) is 60.9 Å². The van der Waals surface area contributed by atoms with Gasteiger partial charge in [0.25, 0.3) is 5.91 Å². The molecule has 140 valence electrons. The highest BCUT2D eigenvalue weighted by atomic mass is 19.1. The molecule has 0 radical (unpaired) electrons. The van der Waals surface area contributed by atoms with Gasteiger partial charge in [-0.25, -0.2) is 8.78 Å². The number of aromatic nitrogens is 2. The second-order valence-electron chi connectivity index (χ2n) is 6.68. The number of hydrogen-bond acceptors (Lipinski definition) is 2. The molecule has 0 saturated heterocycles. The molecule has 4 rings (SSSR count). The van der Waals surface area contributed by atoms with E-state index in [1.807, 2.05) is 6.92 Å². The number of fused-ring (bicyclic) bond motifs is 1. The van der Waals surface area contributed by atoms with Gasteiger partial charge in [-0.3, -0.25) is 19.9 Å². The number of rotatable bonds is 3. The molecule has 6 heteroatoms. The van der Waals surface area contributed by atoms with Gasteiger partial charge in [-0.2, -0.15) is 0 Å². The van der Waals surface area contributed by atoms with Gasteiger partial charge >= 0.3 is 0 Å². The van der Waals surface area contributed by atoms with Crippen LogP contribution in [0.1, 0.15) is 21.5 Å². The van der Waals surface area contributed by atoms with Crippen LogP contribution in [-0.4, -0.2) is 15.6 Å². The van der Waals surface area contributed by atoms with Gasteiger partial charge in [0.15, 0.2) is 0 Å². The lowest BCUT2D eigenvalue weighted by Gasteiger charge is -2.11. The Morgan fingerprint density at radius 3 is 2.54 bits per heavy atom. The second kappa shape index (κ2) is 6.88. The van der Waals surface area contributed by atoms with Crippen molar-refractivity contribution in [1.29, 1.82) is 0 Å². The predicted octanol–water partition coefficient (Wildman–Crippen LogP) is 4.98. The Labute approximate surface area is 160 Å². The Morgan fingerprint density at radius 2 is 1.79 bits per heavy atom. The molecule has 0 aliphatic carbocycles. The fraction of sp³-hybridized carbons (Fsp3) is 0.0909. The zero-order valence-corrected chi connectivity index (χ0v) is 15.3. The highest BCUT2D eigenvalue weighted by Gasteiger charge is 2.14. The highest BCUT2D eigenvalue weighted by molar-refractivity contribution is 6.02. The van der Waals surface area contributed by atoms with Crippen LogP contribution in [0.5, 0.6) is 0 Å². The summed E-state index contributed by atoms with van der Waals surface area (Å²) in [6.45, 7) is 3.65. The van der Waals surface area contributed by atoms with Crippen LogP contribution < -0.4 is 5.43 Å². The minimum Gasteiger partial charge on any atom is -0.267 e. The molecule has 0 aliphatic rings. The molecule has 0 fully saturated rings. The summed E-state index contributed by atoms with van der Waals surface area (Å²) in [6.07, 6.45) is 3.22. The second-order valence-corrected chi connectivity index (χ2v) is 6.68. The van der Waals surface area contributed by atoms with Gasteiger partial charge in [-0.05, 0) is 61.4 Å². The van der Waals surface area contributed by atoms with Crippen molar-refractivity contribution in [1.82, 2.24) is 9.66 Å². The Balaban J connectivity index is 1.64. The van der Waals surface area contributed by atoms with Crippen molar-refractivity contribution >= 4 is 16.8 Å². The van der Waals surface area contributed by atoms with Crippen LogP contribution in [0.25, 0.3) is 22.2 Å². The van der Waals surface area contributed by atoms with E-state index in [4.69, 9.17) is 0 Å². The van der Waals surface area contributed by atoms with Crippen molar-refractivity contribution in [2.45, 2.75) is 13.8 Å². The molecule has 28 heavy (non-hydrogen) atoms. The molecule has 2 aromatic carbocycles. The molecule has 4 aromatic rings. The number of nitrogens with zero attached hydrogens (tertiary/aromatic N) is 2. The van der Waals surface area contributed by atoms with Gasteiger partial charge in [-0.1, -0.05) is 12.1 Å². The van der Waals surface area contributed by atoms with Crippen LogP contribution in [0, 0.1) is 25.5 Å². The molecule has 4 nitrogen and oxygen atoms in total. The normalized spacial score (nSPS) is 11.0. The number of benzene rings is 2. The minimum atomic E-state index is -0.343. The first-order valence-corrected chi connectivity index (χ1v) is 8.73. The molecule has 0 saturated carbocycles. The van der Waals surface area contributed by atoms with Crippen LogP contribution in [0.2, 0.25) is 0 Å². The fourth-order valence-electron chi connectivity index (χ4n) is 3.23. The van der Waals surface area contributed by atoms with E-state index in [1.165, 1.54) is 30.5 Å². The first kappa shape index (κ1) is 17.9. The van der Waals surface area contributed by atoms with Gasteiger partial charge in [0.05, 0.1) is 16.8 Å². The van der Waals surface area contributed by atoms with Gasteiger partial charge < -0.3 is 0 Å². The number of nitrogens with one attached hydrogen (secondary N) is 1. The maximum atomic E-state index is 13.5. The van der Waals surface area contributed by atoms with E-state index < -0.39 is 0 Å². The average molecular weight is 377 g/mol. The number of aryl methyl sites for hydroxylation is 2. The van der Waals surface area contributed by atoms with E-state index in [0.717, 1.165) is 10.9 Å². The molecular formula is C22H17F2N3O. The van der Waals surface area contributed by atoms with Gasteiger partial charge in [0.2, 0.25) is 0 Å². The number of carbonyl (C=O) groups excluding carboxylic acids is 1. The molecule has 0 aliphatic heterocycles. The molecule has 0 spiro atoms. The van der Waals surface area contributed by atoms with Crippen LogP contribution in [0.4, 0.5) is 8.78 Å². The molecule has 0 unspecified atom stereocenters. The topological polar surface area (TPSA) is 46.9 Å². The van der Waals surface area contributed by atoms with Crippen molar-refractivity contribution in [3.05, 3.63) is 89.2 Å². The Morgan fingerprint density at radius 1 is 1.00 bits per heavy atom. The van der Waals surface area contributed by atoms with Crippen LogP contribution >= 0.6 is 0 Å². The summed E-state index contributed by atoms with van der Waals surface area (Å²) in [5, 5.41) is 0.733. The van der Waals surface area contributed by atoms with E-state index in [1.54, 1.807) is 42.1 Å². The van der Waals surface area contributed by atoms with Crippen LogP contribution in [-0.2, 0) is 0 Å². The number of hydrogen-bond donors (Lipinski definition) is 1. The highest BCUT2D eigenvalue weighted by Crippen LogP contribution is 2.23. The molecular weight excluding hydrogens is 360 g/mol. The molecule has 1 amide bonds. The zero-order valence-electron chi connectivity index (χ0n) is 15.3. The molecule has 2 aromatic heterocycles. The Kier molecular flexibility index (Phi) is 4.39. The molecule has 2 heterocycles. The van der Waals surface area contributed by atoms with E-state index in [2.05, 4.69) is 10.4 Å². The standard InChI is InChI=1S/C22H17F2N3O/c1-13-8-20(15-4-3-5-16(23)9-15)25-11-19(13)22(28)26-27-12-14(2)18-10-17(24)6-7-21(18)27/h3-12H,1-2H3,(H,26,28). The monoisotopic (exact) mass is 377 g/mol. The van der Waals surface area contributed by atoms with E-state index in [0.29, 0.717) is 27.9 Å². The van der Waals surface area contributed by atoms with E-state index >= 15 is 0 Å². The van der Waals surface area contributed by atoms with Crippen molar-refractivity contribution in [3.63, 3.8) is 0 Å².